The lowest BCUT2D eigenvalue weighted by Crippen LogP contribution is -1.93. The Hall–Kier alpha value is -1.63. The third-order valence-electron chi connectivity index (χ3n) is 2.51. The maximum absolute atomic E-state index is 11.2. The van der Waals surface area contributed by atoms with Gasteiger partial charge >= 0.3 is 0 Å². The van der Waals surface area contributed by atoms with E-state index in [1.807, 2.05) is 31.2 Å². The van der Waals surface area contributed by atoms with Gasteiger partial charge in [0.05, 0.1) is 0 Å². The first-order valence-corrected chi connectivity index (χ1v) is 5.38. The van der Waals surface area contributed by atoms with Crippen molar-refractivity contribution in [1.29, 1.82) is 0 Å². The van der Waals surface area contributed by atoms with Gasteiger partial charge in [0.1, 0.15) is 0 Å². The smallest absolute Gasteiger partial charge is 0.159 e. The van der Waals surface area contributed by atoms with Crippen molar-refractivity contribution < 1.29 is 4.79 Å². The molecule has 0 saturated heterocycles. The van der Waals surface area contributed by atoms with Crippen molar-refractivity contribution in [3.05, 3.63) is 53.1 Å². The molecule has 1 rings (SSSR count). The minimum atomic E-state index is 0.0978. The van der Waals surface area contributed by atoms with Crippen LogP contribution in [0.5, 0.6) is 0 Å². The summed E-state index contributed by atoms with van der Waals surface area (Å²) in [5, 5.41) is 0. The predicted octanol–water partition coefficient (Wildman–Crippen LogP) is 4.26. The number of allylic oxidation sites excluding steroid dienone is 3. The van der Waals surface area contributed by atoms with Crippen molar-refractivity contribution >= 4 is 11.4 Å². The minimum Gasteiger partial charge on any atom is -0.295 e. The monoisotopic (exact) mass is 214 g/mol. The second-order valence-electron chi connectivity index (χ2n) is 4.29. The Morgan fingerprint density at radius 1 is 0.938 bits per heavy atom. The Kier molecular flexibility index (Phi) is 3.83. The van der Waals surface area contributed by atoms with Gasteiger partial charge in [-0.2, -0.15) is 0 Å². The summed E-state index contributed by atoms with van der Waals surface area (Å²) < 4.78 is 0. The normalized spacial score (nSPS) is 9.75. The number of hydrogen-bond donors (Lipinski definition) is 0. The zero-order valence-electron chi connectivity index (χ0n) is 10.4. The molecule has 0 atom stereocenters. The van der Waals surface area contributed by atoms with E-state index in [0.29, 0.717) is 0 Å². The van der Waals surface area contributed by atoms with Gasteiger partial charge in [-0.25, -0.2) is 0 Å². The number of ketones is 1. The van der Waals surface area contributed by atoms with Gasteiger partial charge in [-0.1, -0.05) is 42.0 Å². The first kappa shape index (κ1) is 12.4. The maximum atomic E-state index is 11.2. The molecule has 0 N–H and O–H groups in total. The summed E-state index contributed by atoms with van der Waals surface area (Å²) in [6.45, 7) is 11.7. The van der Waals surface area contributed by atoms with Crippen molar-refractivity contribution in [3.8, 4) is 0 Å². The summed E-state index contributed by atoms with van der Waals surface area (Å²) in [6, 6.07) is 7.69. The van der Waals surface area contributed by atoms with Crippen LogP contribution in [0, 0.1) is 0 Å². The maximum Gasteiger partial charge on any atom is 0.159 e. The molecule has 1 nitrogen and oxygen atoms in total. The molecule has 0 aromatic heterocycles. The highest BCUT2D eigenvalue weighted by molar-refractivity contribution is 5.94. The summed E-state index contributed by atoms with van der Waals surface area (Å²) in [6.07, 6.45) is 0. The van der Waals surface area contributed by atoms with Gasteiger partial charge in [0.25, 0.3) is 0 Å². The summed E-state index contributed by atoms with van der Waals surface area (Å²) in [7, 11) is 0. The number of carbonyl (C=O) groups is 1. The van der Waals surface area contributed by atoms with E-state index in [1.54, 1.807) is 6.92 Å². The Labute approximate surface area is 97.5 Å². The fourth-order valence-corrected chi connectivity index (χ4v) is 1.83. The summed E-state index contributed by atoms with van der Waals surface area (Å²) in [5.74, 6) is 0.0978. The highest BCUT2D eigenvalue weighted by atomic mass is 16.1. The van der Waals surface area contributed by atoms with Crippen LogP contribution in [0.3, 0.4) is 0 Å². The van der Waals surface area contributed by atoms with Crippen LogP contribution >= 0.6 is 0 Å². The summed E-state index contributed by atoms with van der Waals surface area (Å²) in [4.78, 5) is 11.2. The highest BCUT2D eigenvalue weighted by Crippen LogP contribution is 2.25. The third-order valence-corrected chi connectivity index (χ3v) is 2.51. The molecule has 0 heterocycles. The molecule has 1 aromatic rings. The molecule has 1 aromatic carbocycles. The van der Waals surface area contributed by atoms with Gasteiger partial charge in [0, 0.05) is 5.56 Å². The topological polar surface area (TPSA) is 17.1 Å². The minimum absolute atomic E-state index is 0.0978. The van der Waals surface area contributed by atoms with Crippen molar-refractivity contribution in [1.82, 2.24) is 0 Å². The first-order chi connectivity index (χ1) is 7.43. The van der Waals surface area contributed by atoms with Gasteiger partial charge in [0.2, 0.25) is 0 Å². The second kappa shape index (κ2) is 4.93. The number of hydrogen-bond acceptors (Lipinski definition) is 1. The van der Waals surface area contributed by atoms with E-state index in [4.69, 9.17) is 0 Å². The predicted molar refractivity (Wildman–Crippen MR) is 69.5 cm³/mol. The molecule has 0 aliphatic rings. The van der Waals surface area contributed by atoms with Crippen LogP contribution in [0.25, 0.3) is 5.57 Å². The first-order valence-electron chi connectivity index (χ1n) is 5.38. The van der Waals surface area contributed by atoms with Gasteiger partial charge in [-0.3, -0.25) is 4.79 Å². The van der Waals surface area contributed by atoms with Gasteiger partial charge in [0.15, 0.2) is 5.78 Å². The Morgan fingerprint density at radius 3 is 1.69 bits per heavy atom. The molecule has 0 spiro atoms. The van der Waals surface area contributed by atoms with E-state index in [2.05, 4.69) is 20.4 Å². The molecule has 0 unspecified atom stereocenters. The van der Waals surface area contributed by atoms with Crippen LogP contribution in [0.2, 0.25) is 0 Å². The number of Topliss-reactive ketones (excluding diaryl/α,β-unsaturated/α-hetero) is 1. The molecule has 16 heavy (non-hydrogen) atoms. The molecule has 0 aliphatic carbocycles. The van der Waals surface area contributed by atoms with Crippen molar-refractivity contribution in [2.75, 3.05) is 0 Å². The number of rotatable bonds is 3. The third kappa shape index (κ3) is 2.69. The van der Waals surface area contributed by atoms with Crippen LogP contribution in [0.1, 0.15) is 43.6 Å². The highest BCUT2D eigenvalue weighted by Gasteiger charge is 2.05. The van der Waals surface area contributed by atoms with Crippen molar-refractivity contribution in [2.45, 2.75) is 27.7 Å². The van der Waals surface area contributed by atoms with E-state index >= 15 is 0 Å². The molecular weight excluding hydrogens is 196 g/mol. The van der Waals surface area contributed by atoms with Gasteiger partial charge in [-0.05, 0) is 38.8 Å². The standard InChI is InChI=1S/C15H18O/c1-10(2)15(11(3)4)14-8-6-13(7-9-14)12(5)16/h6-9H,1H2,2-5H3. The fourth-order valence-electron chi connectivity index (χ4n) is 1.83. The molecule has 0 saturated carbocycles. The lowest BCUT2D eigenvalue weighted by Gasteiger charge is -2.10. The van der Waals surface area contributed by atoms with Crippen molar-refractivity contribution in [3.63, 3.8) is 0 Å². The van der Waals surface area contributed by atoms with E-state index in [9.17, 15) is 4.79 Å². The molecule has 0 radical (unpaired) electrons. The Morgan fingerprint density at radius 2 is 1.38 bits per heavy atom. The zero-order chi connectivity index (χ0) is 12.3. The van der Waals surface area contributed by atoms with E-state index < -0.39 is 0 Å². The molecule has 0 aliphatic heterocycles. The molecule has 0 bridgehead atoms. The largest absolute Gasteiger partial charge is 0.295 e. The molecule has 0 fully saturated rings. The molecule has 0 amide bonds. The summed E-state index contributed by atoms with van der Waals surface area (Å²) >= 11 is 0. The second-order valence-corrected chi connectivity index (χ2v) is 4.29. The van der Waals surface area contributed by atoms with Crippen LogP contribution in [0.4, 0.5) is 0 Å². The van der Waals surface area contributed by atoms with Crippen molar-refractivity contribution in [2.24, 2.45) is 0 Å². The molecular formula is C15H18O. The van der Waals surface area contributed by atoms with Gasteiger partial charge < -0.3 is 0 Å². The lowest BCUT2D eigenvalue weighted by molar-refractivity contribution is 0.101. The van der Waals surface area contributed by atoms with E-state index in [1.165, 1.54) is 11.1 Å². The van der Waals surface area contributed by atoms with E-state index in [0.717, 1.165) is 16.7 Å². The van der Waals surface area contributed by atoms with E-state index in [-0.39, 0.29) is 5.78 Å². The summed E-state index contributed by atoms with van der Waals surface area (Å²) in [5.41, 5.74) is 5.34. The van der Waals surface area contributed by atoms with Crippen LogP contribution in [-0.2, 0) is 0 Å². The Balaban J connectivity index is 3.20. The Bertz CT molecular complexity index is 443. The molecule has 1 heteroatoms. The van der Waals surface area contributed by atoms with Crippen LogP contribution in [-0.4, -0.2) is 5.78 Å². The zero-order valence-corrected chi connectivity index (χ0v) is 10.4. The number of benzene rings is 1. The number of carbonyl (C=O) groups excluding carboxylic acids is 1. The van der Waals surface area contributed by atoms with Gasteiger partial charge in [-0.15, -0.1) is 0 Å². The SMILES string of the molecule is C=C(C)C(=C(C)C)c1ccc(C(C)=O)cc1. The average molecular weight is 214 g/mol. The van der Waals surface area contributed by atoms with Crippen LogP contribution in [0.15, 0.2) is 42.0 Å². The lowest BCUT2D eigenvalue weighted by atomic mass is 9.95. The van der Waals surface area contributed by atoms with Crippen LogP contribution < -0.4 is 0 Å². The average Bonchev–Trinajstić information content (AvgIpc) is 2.17. The quantitative estimate of drug-likeness (QED) is 0.542. The molecule has 84 valence electrons. The fraction of sp³-hybridized carbons (Fsp3) is 0.267.